The van der Waals surface area contributed by atoms with E-state index < -0.39 is 0 Å². The Balaban J connectivity index is 2.26. The summed E-state index contributed by atoms with van der Waals surface area (Å²) in [5, 5.41) is 0. The molecule has 1 saturated heterocycles. The summed E-state index contributed by atoms with van der Waals surface area (Å²) in [5.74, 6) is 0.368. The van der Waals surface area contributed by atoms with E-state index >= 15 is 0 Å². The van der Waals surface area contributed by atoms with E-state index in [1.807, 2.05) is 0 Å². The van der Waals surface area contributed by atoms with Crippen molar-refractivity contribution >= 4 is 5.91 Å². The topological polar surface area (TPSA) is 20.3 Å². The molecule has 0 bridgehead atoms. The van der Waals surface area contributed by atoms with Gasteiger partial charge in [-0.15, -0.1) is 0 Å². The number of hydrogen-bond donors (Lipinski definition) is 0. The van der Waals surface area contributed by atoms with Gasteiger partial charge in [0, 0.05) is 17.5 Å². The lowest BCUT2D eigenvalue weighted by Crippen LogP contribution is -2.58. The number of carbonyl (C=O) groups is 1. The lowest BCUT2D eigenvalue weighted by Gasteiger charge is -2.51. The molecule has 2 nitrogen and oxygen atoms in total. The predicted molar refractivity (Wildman–Crippen MR) is 52.4 cm³/mol. The molecule has 0 radical (unpaired) electrons. The third kappa shape index (κ3) is 1.18. The van der Waals surface area contributed by atoms with Gasteiger partial charge in [0.05, 0.1) is 0 Å². The molecule has 2 fully saturated rings. The highest BCUT2D eigenvalue weighted by atomic mass is 16.2. The maximum Gasteiger partial charge on any atom is 0.223 e. The second kappa shape index (κ2) is 2.49. The van der Waals surface area contributed by atoms with Crippen molar-refractivity contribution in [3.8, 4) is 0 Å². The zero-order chi connectivity index (χ0) is 9.69. The van der Waals surface area contributed by atoms with E-state index in [0.29, 0.717) is 5.91 Å². The van der Waals surface area contributed by atoms with E-state index in [9.17, 15) is 4.79 Å². The van der Waals surface area contributed by atoms with E-state index in [1.165, 1.54) is 19.3 Å². The van der Waals surface area contributed by atoms with Crippen molar-refractivity contribution in [2.75, 3.05) is 0 Å². The molecule has 74 valence electrons. The zero-order valence-corrected chi connectivity index (χ0v) is 8.89. The van der Waals surface area contributed by atoms with Crippen molar-refractivity contribution in [1.82, 2.24) is 4.90 Å². The molecule has 1 aliphatic heterocycles. The zero-order valence-electron chi connectivity index (χ0n) is 8.89. The van der Waals surface area contributed by atoms with Gasteiger partial charge in [0.1, 0.15) is 0 Å². The maximum absolute atomic E-state index is 11.8. The molecule has 2 rings (SSSR count). The molecular weight excluding hydrogens is 162 g/mol. The molecule has 0 aromatic heterocycles. The first-order valence-electron chi connectivity index (χ1n) is 5.29. The molecule has 1 amide bonds. The average Bonchev–Trinajstić information content (AvgIpc) is 2.23. The molecule has 1 saturated carbocycles. The Hall–Kier alpha value is -0.530. The van der Waals surface area contributed by atoms with Crippen molar-refractivity contribution in [2.24, 2.45) is 0 Å². The molecule has 2 heteroatoms. The predicted octanol–water partition coefficient (Wildman–Crippen LogP) is 2.33. The van der Waals surface area contributed by atoms with Crippen LogP contribution in [0.2, 0.25) is 0 Å². The Kier molecular flexibility index (Phi) is 1.73. The van der Waals surface area contributed by atoms with Gasteiger partial charge in [-0.1, -0.05) is 0 Å². The molecule has 1 spiro atoms. The summed E-state index contributed by atoms with van der Waals surface area (Å²) in [4.78, 5) is 13.9. The number of amides is 1. The first-order valence-corrected chi connectivity index (χ1v) is 5.29. The quantitative estimate of drug-likeness (QED) is 0.561. The van der Waals surface area contributed by atoms with Gasteiger partial charge in [-0.3, -0.25) is 4.79 Å². The van der Waals surface area contributed by atoms with Crippen LogP contribution in [-0.4, -0.2) is 21.9 Å². The molecule has 0 N–H and O–H groups in total. The average molecular weight is 181 g/mol. The molecule has 0 aromatic rings. The van der Waals surface area contributed by atoms with E-state index in [-0.39, 0.29) is 11.1 Å². The maximum atomic E-state index is 11.8. The van der Waals surface area contributed by atoms with Gasteiger partial charge in [0.25, 0.3) is 0 Å². The summed E-state index contributed by atoms with van der Waals surface area (Å²) in [7, 11) is 0. The molecule has 1 aliphatic carbocycles. The number of nitrogens with zero attached hydrogens (tertiary/aromatic N) is 1. The van der Waals surface area contributed by atoms with Gasteiger partial charge in [-0.05, 0) is 46.5 Å². The lowest BCUT2D eigenvalue weighted by molar-refractivity contribution is -0.140. The Morgan fingerprint density at radius 2 is 1.85 bits per heavy atom. The van der Waals surface area contributed by atoms with Gasteiger partial charge >= 0.3 is 0 Å². The summed E-state index contributed by atoms with van der Waals surface area (Å²) in [5.41, 5.74) is 0.295. The Morgan fingerprint density at radius 3 is 2.15 bits per heavy atom. The monoisotopic (exact) mass is 181 g/mol. The Morgan fingerprint density at radius 1 is 1.23 bits per heavy atom. The van der Waals surface area contributed by atoms with Crippen molar-refractivity contribution in [2.45, 2.75) is 64.0 Å². The van der Waals surface area contributed by atoms with Gasteiger partial charge in [-0.25, -0.2) is 0 Å². The number of hydrogen-bond acceptors (Lipinski definition) is 1. The molecule has 0 atom stereocenters. The smallest absolute Gasteiger partial charge is 0.223 e. The first-order chi connectivity index (χ1) is 5.96. The summed E-state index contributed by atoms with van der Waals surface area (Å²) >= 11 is 0. The normalized spacial score (nSPS) is 26.7. The highest BCUT2D eigenvalue weighted by Gasteiger charge is 2.52. The lowest BCUT2D eigenvalue weighted by atomic mass is 9.73. The minimum absolute atomic E-state index is 0.0218. The molecular formula is C11H19NO. The molecule has 0 unspecified atom stereocenters. The number of carbonyl (C=O) groups excluding carboxylic acids is 1. The van der Waals surface area contributed by atoms with Crippen LogP contribution in [0.4, 0.5) is 0 Å². The highest BCUT2D eigenvalue weighted by Crippen LogP contribution is 2.48. The van der Waals surface area contributed by atoms with Crippen LogP contribution in [0, 0.1) is 0 Å². The SMILES string of the molecule is CC(C)(C)N1C(=O)CCC12CCC2. The highest BCUT2D eigenvalue weighted by molar-refractivity contribution is 5.80. The van der Waals surface area contributed by atoms with Gasteiger partial charge in [0.2, 0.25) is 5.91 Å². The van der Waals surface area contributed by atoms with E-state index in [1.54, 1.807) is 0 Å². The second-order valence-corrected chi connectivity index (χ2v) is 5.48. The number of rotatable bonds is 0. The number of likely N-dealkylation sites (tertiary alicyclic amines) is 1. The minimum Gasteiger partial charge on any atom is -0.332 e. The van der Waals surface area contributed by atoms with Crippen molar-refractivity contribution in [3.05, 3.63) is 0 Å². The van der Waals surface area contributed by atoms with E-state index in [4.69, 9.17) is 0 Å². The van der Waals surface area contributed by atoms with Crippen LogP contribution < -0.4 is 0 Å². The summed E-state index contributed by atoms with van der Waals surface area (Å²) < 4.78 is 0. The summed E-state index contributed by atoms with van der Waals surface area (Å²) in [6, 6.07) is 0. The van der Waals surface area contributed by atoms with Crippen LogP contribution in [0.25, 0.3) is 0 Å². The summed E-state index contributed by atoms with van der Waals surface area (Å²) in [6.07, 6.45) is 5.65. The van der Waals surface area contributed by atoms with Crippen LogP contribution in [0.3, 0.4) is 0 Å². The van der Waals surface area contributed by atoms with Crippen LogP contribution >= 0.6 is 0 Å². The largest absolute Gasteiger partial charge is 0.332 e. The third-order valence-corrected chi connectivity index (χ3v) is 3.48. The fraction of sp³-hybridized carbons (Fsp3) is 0.909. The summed E-state index contributed by atoms with van der Waals surface area (Å²) in [6.45, 7) is 6.45. The van der Waals surface area contributed by atoms with Crippen LogP contribution in [0.1, 0.15) is 52.9 Å². The van der Waals surface area contributed by atoms with Crippen molar-refractivity contribution in [1.29, 1.82) is 0 Å². The fourth-order valence-electron chi connectivity index (χ4n) is 2.97. The van der Waals surface area contributed by atoms with Gasteiger partial charge < -0.3 is 4.90 Å². The molecule has 1 heterocycles. The Labute approximate surface area is 80.3 Å². The second-order valence-electron chi connectivity index (χ2n) is 5.48. The van der Waals surface area contributed by atoms with E-state index in [0.717, 1.165) is 12.8 Å². The standard InChI is InChI=1S/C11H19NO/c1-10(2,3)12-9(13)5-8-11(12)6-4-7-11/h4-8H2,1-3H3. The molecule has 0 aromatic carbocycles. The van der Waals surface area contributed by atoms with Crippen molar-refractivity contribution < 1.29 is 4.79 Å². The Bertz CT molecular complexity index is 235. The molecule has 2 aliphatic rings. The van der Waals surface area contributed by atoms with Gasteiger partial charge in [-0.2, -0.15) is 0 Å². The van der Waals surface area contributed by atoms with Crippen LogP contribution in [-0.2, 0) is 4.79 Å². The van der Waals surface area contributed by atoms with Crippen LogP contribution in [0.15, 0.2) is 0 Å². The fourth-order valence-corrected chi connectivity index (χ4v) is 2.97. The van der Waals surface area contributed by atoms with Crippen molar-refractivity contribution in [3.63, 3.8) is 0 Å². The van der Waals surface area contributed by atoms with E-state index in [2.05, 4.69) is 25.7 Å². The third-order valence-electron chi connectivity index (χ3n) is 3.48. The van der Waals surface area contributed by atoms with Crippen LogP contribution in [0.5, 0.6) is 0 Å². The van der Waals surface area contributed by atoms with Gasteiger partial charge in [0.15, 0.2) is 0 Å². The molecule has 13 heavy (non-hydrogen) atoms. The first kappa shape index (κ1) is 9.04. The minimum atomic E-state index is 0.0218.